The second-order valence-corrected chi connectivity index (χ2v) is 4.71. The minimum absolute atomic E-state index is 0.195. The maximum absolute atomic E-state index is 10.7. The van der Waals surface area contributed by atoms with E-state index in [0.717, 1.165) is 16.8 Å². The van der Waals surface area contributed by atoms with Crippen LogP contribution in [0, 0.1) is 13.8 Å². The smallest absolute Gasteiger partial charge is 0.320 e. The first-order valence-electron chi connectivity index (χ1n) is 6.07. The number of benzene rings is 1. The van der Waals surface area contributed by atoms with Gasteiger partial charge in [0, 0.05) is 12.0 Å². The average molecular weight is 259 g/mol. The number of aryl methyl sites for hydroxylation is 2. The molecule has 1 heterocycles. The third-order valence-corrected chi connectivity index (χ3v) is 3.04. The number of carboxylic acid groups (broad SMARTS) is 1. The van der Waals surface area contributed by atoms with Crippen LogP contribution < -0.4 is 5.73 Å². The fourth-order valence-electron chi connectivity index (χ4n) is 1.92. The molecule has 0 amide bonds. The molecule has 0 bridgehead atoms. The summed E-state index contributed by atoms with van der Waals surface area (Å²) in [6, 6.07) is 5.24. The summed E-state index contributed by atoms with van der Waals surface area (Å²) in [5.74, 6) is -0.435. The Bertz CT molecular complexity index is 604. The summed E-state index contributed by atoms with van der Waals surface area (Å²) in [5.41, 5.74) is 9.75. The first-order valence-corrected chi connectivity index (χ1v) is 6.07. The number of aromatic amines is 1. The number of hydrogen-bond acceptors (Lipinski definition) is 3. The molecule has 0 fully saturated rings. The molecule has 0 radical (unpaired) electrons. The molecule has 100 valence electrons. The fraction of sp³-hybridized carbons (Fsp3) is 0.286. The lowest BCUT2D eigenvalue weighted by Gasteiger charge is -2.05. The highest BCUT2D eigenvalue weighted by molar-refractivity contribution is 5.73. The van der Waals surface area contributed by atoms with E-state index in [4.69, 9.17) is 10.8 Å². The molecule has 5 nitrogen and oxygen atoms in total. The molecule has 1 aromatic heterocycles. The summed E-state index contributed by atoms with van der Waals surface area (Å²) >= 11 is 0. The minimum atomic E-state index is -1.02. The molecule has 19 heavy (non-hydrogen) atoms. The zero-order chi connectivity index (χ0) is 14.0. The highest BCUT2D eigenvalue weighted by atomic mass is 16.4. The molecule has 2 rings (SSSR count). The summed E-state index contributed by atoms with van der Waals surface area (Å²) in [6.07, 6.45) is 1.91. The Morgan fingerprint density at radius 3 is 2.89 bits per heavy atom. The van der Waals surface area contributed by atoms with E-state index >= 15 is 0 Å². The third-order valence-electron chi connectivity index (χ3n) is 3.04. The molecule has 0 aliphatic rings. The van der Waals surface area contributed by atoms with E-state index in [1.165, 1.54) is 5.56 Å². The Morgan fingerprint density at radius 1 is 1.47 bits per heavy atom. The second-order valence-electron chi connectivity index (χ2n) is 4.71. The summed E-state index contributed by atoms with van der Waals surface area (Å²) in [6.45, 7) is 4.05. The van der Waals surface area contributed by atoms with Gasteiger partial charge in [0.2, 0.25) is 0 Å². The van der Waals surface area contributed by atoms with Crippen LogP contribution in [0.1, 0.15) is 17.0 Å². The summed E-state index contributed by atoms with van der Waals surface area (Å²) < 4.78 is 0. The van der Waals surface area contributed by atoms with Crippen molar-refractivity contribution in [3.63, 3.8) is 0 Å². The number of H-pyrrole nitrogens is 1. The van der Waals surface area contributed by atoms with Crippen molar-refractivity contribution in [2.24, 2.45) is 5.73 Å². The summed E-state index contributed by atoms with van der Waals surface area (Å²) in [5, 5.41) is 8.78. The zero-order valence-electron chi connectivity index (χ0n) is 11.0. The van der Waals surface area contributed by atoms with Gasteiger partial charge in [0.05, 0.1) is 11.9 Å². The van der Waals surface area contributed by atoms with Crippen LogP contribution in [0.15, 0.2) is 24.4 Å². The molecular formula is C14H17N3O2. The van der Waals surface area contributed by atoms with Gasteiger partial charge in [-0.2, -0.15) is 0 Å². The molecule has 0 saturated carbocycles. The second kappa shape index (κ2) is 5.24. The fourth-order valence-corrected chi connectivity index (χ4v) is 1.92. The standard InChI is InChI=1S/C14H17N3O2/c1-8-3-4-9(2)10(5-8)12-7-16-13(17-12)6-11(15)14(18)19/h3-5,7,11H,6,15H2,1-2H3,(H,16,17)(H,18,19). The number of carboxylic acids is 1. The van der Waals surface area contributed by atoms with Gasteiger partial charge in [-0.3, -0.25) is 4.79 Å². The first-order chi connectivity index (χ1) is 8.97. The Hall–Kier alpha value is -2.14. The predicted octanol–water partition coefficient (Wildman–Crippen LogP) is 1.65. The molecule has 0 aliphatic heterocycles. The van der Waals surface area contributed by atoms with Crippen LogP contribution in [0.4, 0.5) is 0 Å². The monoisotopic (exact) mass is 259 g/mol. The molecule has 0 saturated heterocycles. The van der Waals surface area contributed by atoms with Crippen LogP contribution in [-0.4, -0.2) is 27.1 Å². The van der Waals surface area contributed by atoms with Gasteiger partial charge in [-0.25, -0.2) is 4.98 Å². The summed E-state index contributed by atoms with van der Waals surface area (Å²) in [4.78, 5) is 18.0. The molecule has 0 aliphatic carbocycles. The average Bonchev–Trinajstić information content (AvgIpc) is 2.80. The largest absolute Gasteiger partial charge is 0.480 e. The van der Waals surface area contributed by atoms with Crippen LogP contribution in [-0.2, 0) is 11.2 Å². The minimum Gasteiger partial charge on any atom is -0.480 e. The van der Waals surface area contributed by atoms with Crippen molar-refractivity contribution in [1.29, 1.82) is 0 Å². The predicted molar refractivity (Wildman–Crippen MR) is 72.8 cm³/mol. The quantitative estimate of drug-likeness (QED) is 0.778. The van der Waals surface area contributed by atoms with Crippen molar-refractivity contribution in [3.8, 4) is 11.3 Å². The van der Waals surface area contributed by atoms with Gasteiger partial charge in [0.1, 0.15) is 11.9 Å². The van der Waals surface area contributed by atoms with Crippen molar-refractivity contribution in [2.75, 3.05) is 0 Å². The Kier molecular flexibility index (Phi) is 3.66. The molecule has 1 unspecified atom stereocenters. The van der Waals surface area contributed by atoms with Gasteiger partial charge in [-0.15, -0.1) is 0 Å². The number of nitrogens with one attached hydrogen (secondary N) is 1. The van der Waals surface area contributed by atoms with E-state index in [0.29, 0.717) is 5.82 Å². The highest BCUT2D eigenvalue weighted by Crippen LogP contribution is 2.22. The van der Waals surface area contributed by atoms with Gasteiger partial charge >= 0.3 is 5.97 Å². The van der Waals surface area contributed by atoms with Crippen LogP contribution in [0.3, 0.4) is 0 Å². The summed E-state index contributed by atoms with van der Waals surface area (Å²) in [7, 11) is 0. The molecule has 2 aromatic rings. The maximum atomic E-state index is 10.7. The molecule has 1 atom stereocenters. The van der Waals surface area contributed by atoms with Gasteiger partial charge in [-0.05, 0) is 25.5 Å². The van der Waals surface area contributed by atoms with Gasteiger partial charge in [-0.1, -0.05) is 17.7 Å². The number of carbonyl (C=O) groups is 1. The van der Waals surface area contributed by atoms with Crippen molar-refractivity contribution in [2.45, 2.75) is 26.3 Å². The van der Waals surface area contributed by atoms with Crippen molar-refractivity contribution in [1.82, 2.24) is 9.97 Å². The van der Waals surface area contributed by atoms with E-state index in [1.807, 2.05) is 19.9 Å². The number of aliphatic carboxylic acids is 1. The van der Waals surface area contributed by atoms with Crippen LogP contribution in [0.25, 0.3) is 11.3 Å². The molecule has 5 heteroatoms. The van der Waals surface area contributed by atoms with Gasteiger partial charge in [0.15, 0.2) is 0 Å². The lowest BCUT2D eigenvalue weighted by molar-refractivity contribution is -0.138. The molecule has 0 spiro atoms. The Labute approximate surface area is 111 Å². The van der Waals surface area contributed by atoms with Crippen molar-refractivity contribution < 1.29 is 9.90 Å². The van der Waals surface area contributed by atoms with Crippen LogP contribution in [0.5, 0.6) is 0 Å². The molecule has 4 N–H and O–H groups in total. The maximum Gasteiger partial charge on any atom is 0.320 e. The Morgan fingerprint density at radius 2 is 2.21 bits per heavy atom. The van der Waals surface area contributed by atoms with Crippen LogP contribution in [0.2, 0.25) is 0 Å². The molecule has 1 aromatic carbocycles. The van der Waals surface area contributed by atoms with Crippen LogP contribution >= 0.6 is 0 Å². The van der Waals surface area contributed by atoms with E-state index < -0.39 is 12.0 Å². The van der Waals surface area contributed by atoms with E-state index in [9.17, 15) is 4.79 Å². The number of rotatable bonds is 4. The van der Waals surface area contributed by atoms with Gasteiger partial charge < -0.3 is 15.8 Å². The third kappa shape index (κ3) is 3.00. The van der Waals surface area contributed by atoms with E-state index in [1.54, 1.807) is 6.20 Å². The van der Waals surface area contributed by atoms with Gasteiger partial charge in [0.25, 0.3) is 0 Å². The first kappa shape index (κ1) is 13.3. The normalized spacial score (nSPS) is 12.4. The number of nitrogens with zero attached hydrogens (tertiary/aromatic N) is 1. The number of imidazole rings is 1. The lowest BCUT2D eigenvalue weighted by atomic mass is 10.0. The Balaban J connectivity index is 2.26. The zero-order valence-corrected chi connectivity index (χ0v) is 11.0. The number of hydrogen-bond donors (Lipinski definition) is 3. The van der Waals surface area contributed by atoms with Crippen molar-refractivity contribution in [3.05, 3.63) is 41.3 Å². The topological polar surface area (TPSA) is 92.0 Å². The van der Waals surface area contributed by atoms with E-state index in [-0.39, 0.29) is 6.42 Å². The lowest BCUT2D eigenvalue weighted by Crippen LogP contribution is -2.32. The molecular weight excluding hydrogens is 242 g/mol. The number of nitrogens with two attached hydrogens (primary N) is 1. The van der Waals surface area contributed by atoms with E-state index in [2.05, 4.69) is 22.1 Å². The highest BCUT2D eigenvalue weighted by Gasteiger charge is 2.15. The SMILES string of the molecule is Cc1ccc(C)c(-c2cnc(CC(N)C(=O)O)[nH]2)c1. The van der Waals surface area contributed by atoms with Crippen molar-refractivity contribution >= 4 is 5.97 Å². The number of aromatic nitrogens is 2.